The summed E-state index contributed by atoms with van der Waals surface area (Å²) in [6.45, 7) is 7.08. The molecule has 5 rings (SSSR count). The molecule has 0 saturated carbocycles. The molecule has 26 heteroatoms. The molecule has 4 heterocycles. The molecule has 69 heavy (non-hydrogen) atoms. The summed E-state index contributed by atoms with van der Waals surface area (Å²) in [5.41, 5.74) is -1.13. The van der Waals surface area contributed by atoms with Gasteiger partial charge in [-0.3, -0.25) is 24.3 Å². The van der Waals surface area contributed by atoms with E-state index in [4.69, 9.17) is 45.1 Å². The SMILES string of the molecule is COc1cc2cc(c1Cl)N(C)C(=O)C[C@H](OC(=O)[C@H](C)N(C)C(=O)CCSSCCC(=O)NCCc1nnc(CP(=O)(O)O)nn1)[C@]1(C)O[C@@H]1[C@@H](C)[C@@H]1C[C@@](O)(NC(=O)O1)[C@H](OC)/C=C/C=C(\C)C2. The van der Waals surface area contributed by atoms with Crippen molar-refractivity contribution in [3.8, 4) is 5.75 Å². The number of rotatable bonds is 17. The van der Waals surface area contributed by atoms with Crippen LogP contribution in [0.3, 0.4) is 0 Å². The maximum atomic E-state index is 14.3. The van der Waals surface area contributed by atoms with Crippen molar-refractivity contribution in [3.63, 3.8) is 0 Å². The third-order valence-corrected chi connectivity index (χ3v) is 15.5. The first-order chi connectivity index (χ1) is 32.5. The van der Waals surface area contributed by atoms with E-state index in [0.29, 0.717) is 29.4 Å². The Kier molecular flexibility index (Phi) is 19.4. The number of halogens is 1. The molecule has 2 saturated heterocycles. The predicted octanol–water partition coefficient (Wildman–Crippen LogP) is 3.29. The number of epoxide rings is 1. The molecule has 3 aliphatic rings. The lowest BCUT2D eigenvalue weighted by molar-refractivity contribution is -0.162. The predicted molar refractivity (Wildman–Crippen MR) is 255 cm³/mol. The topological polar surface area (TPSA) is 295 Å². The number of amides is 4. The van der Waals surface area contributed by atoms with E-state index < -0.39 is 79.4 Å². The average Bonchev–Trinajstić information content (AvgIpc) is 3.99. The minimum atomic E-state index is -4.35. The van der Waals surface area contributed by atoms with Crippen LogP contribution in [0.2, 0.25) is 5.02 Å². The molecule has 2 aromatic rings. The molecule has 22 nitrogen and oxygen atoms in total. The lowest BCUT2D eigenvalue weighted by Crippen LogP contribution is -2.63. The van der Waals surface area contributed by atoms with Gasteiger partial charge in [-0.15, -0.1) is 20.4 Å². The lowest BCUT2D eigenvalue weighted by Gasteiger charge is -2.42. The first kappa shape index (κ1) is 55.5. The molecular weight excluding hydrogens is 983 g/mol. The fourth-order valence-electron chi connectivity index (χ4n) is 7.80. The first-order valence-corrected chi connectivity index (χ1v) is 26.6. The number of anilines is 1. The number of carbonyl (C=O) groups is 5. The van der Waals surface area contributed by atoms with Gasteiger partial charge in [-0.1, -0.05) is 63.9 Å². The molecule has 3 aliphatic heterocycles. The van der Waals surface area contributed by atoms with Crippen LogP contribution in [0.15, 0.2) is 35.9 Å². The van der Waals surface area contributed by atoms with E-state index in [9.17, 15) is 33.6 Å². The summed E-state index contributed by atoms with van der Waals surface area (Å²) in [5, 5.41) is 32.1. The van der Waals surface area contributed by atoms with Gasteiger partial charge < -0.3 is 53.7 Å². The Bertz CT molecular complexity index is 2310. The fraction of sp³-hybridized carbons (Fsp3) is 0.605. The van der Waals surface area contributed by atoms with Crippen molar-refractivity contribution in [1.82, 2.24) is 35.9 Å². The van der Waals surface area contributed by atoms with Crippen molar-refractivity contribution in [2.45, 2.75) is 114 Å². The Labute approximate surface area is 412 Å². The van der Waals surface area contributed by atoms with Crippen molar-refractivity contribution < 1.29 is 67.1 Å². The largest absolute Gasteiger partial charge is 0.495 e. The number of hydrogen-bond donors (Lipinski definition) is 5. The maximum absolute atomic E-state index is 14.3. The van der Waals surface area contributed by atoms with Crippen molar-refractivity contribution in [2.24, 2.45) is 5.92 Å². The Morgan fingerprint density at radius 2 is 1.78 bits per heavy atom. The zero-order chi connectivity index (χ0) is 50.8. The minimum Gasteiger partial charge on any atom is -0.495 e. The van der Waals surface area contributed by atoms with E-state index in [1.807, 2.05) is 13.0 Å². The summed E-state index contributed by atoms with van der Waals surface area (Å²) < 4.78 is 40.4. The number of carbonyl (C=O) groups excluding carboxylic acids is 5. The normalized spacial score (nSPS) is 26.8. The van der Waals surface area contributed by atoms with E-state index >= 15 is 0 Å². The number of fused-ring (bicyclic) bond motifs is 5. The average molecular weight is 1040 g/mol. The highest BCUT2D eigenvalue weighted by molar-refractivity contribution is 8.76. The van der Waals surface area contributed by atoms with Crippen molar-refractivity contribution >= 4 is 76.3 Å². The maximum Gasteiger partial charge on any atom is 0.409 e. The first-order valence-electron chi connectivity index (χ1n) is 21.9. The van der Waals surface area contributed by atoms with Crippen LogP contribution >= 0.6 is 40.8 Å². The van der Waals surface area contributed by atoms with Crippen LogP contribution in [0.25, 0.3) is 0 Å². The van der Waals surface area contributed by atoms with Crippen LogP contribution in [-0.2, 0) is 61.7 Å². The van der Waals surface area contributed by atoms with Gasteiger partial charge in [0.1, 0.15) is 46.9 Å². The van der Waals surface area contributed by atoms with Gasteiger partial charge in [-0.2, -0.15) is 0 Å². The molecule has 4 bridgehead atoms. The van der Waals surface area contributed by atoms with Gasteiger partial charge in [0.2, 0.25) is 17.7 Å². The van der Waals surface area contributed by atoms with Gasteiger partial charge in [-0.25, -0.2) is 9.59 Å². The summed E-state index contributed by atoms with van der Waals surface area (Å²) in [4.78, 5) is 87.5. The lowest BCUT2D eigenvalue weighted by atomic mass is 9.83. The minimum absolute atomic E-state index is 0.0692. The second kappa shape index (κ2) is 24.2. The van der Waals surface area contributed by atoms with E-state index in [-0.39, 0.29) is 67.1 Å². The Morgan fingerprint density at radius 3 is 2.43 bits per heavy atom. The third kappa shape index (κ3) is 15.1. The monoisotopic (exact) mass is 1040 g/mol. The smallest absolute Gasteiger partial charge is 0.409 e. The van der Waals surface area contributed by atoms with Gasteiger partial charge in [0.25, 0.3) is 0 Å². The van der Waals surface area contributed by atoms with E-state index in [1.165, 1.54) is 59.6 Å². The molecule has 380 valence electrons. The molecule has 8 atom stereocenters. The number of aliphatic hydroxyl groups is 1. The van der Waals surface area contributed by atoms with E-state index in [0.717, 1.165) is 11.1 Å². The number of esters is 1. The van der Waals surface area contributed by atoms with E-state index in [2.05, 4.69) is 31.0 Å². The molecular formula is C43H60ClN8O14PS2. The zero-order valence-electron chi connectivity index (χ0n) is 39.6. The van der Waals surface area contributed by atoms with Gasteiger partial charge in [-0.05, 0) is 44.9 Å². The third-order valence-electron chi connectivity index (χ3n) is 12.0. The zero-order valence-corrected chi connectivity index (χ0v) is 42.9. The van der Waals surface area contributed by atoms with Gasteiger partial charge in [0.05, 0.1) is 25.3 Å². The fourth-order valence-corrected chi connectivity index (χ4v) is 10.6. The Morgan fingerprint density at radius 1 is 1.12 bits per heavy atom. The van der Waals surface area contributed by atoms with Crippen LogP contribution < -0.4 is 20.3 Å². The summed E-state index contributed by atoms with van der Waals surface area (Å²) in [6.07, 6.45) is 0.298. The number of aromatic nitrogens is 4. The van der Waals surface area contributed by atoms with Gasteiger partial charge in [0.15, 0.2) is 17.4 Å². The Hall–Kier alpha value is -4.39. The van der Waals surface area contributed by atoms with Crippen molar-refractivity contribution in [3.05, 3.63) is 58.2 Å². The number of benzene rings is 1. The highest BCUT2D eigenvalue weighted by atomic mass is 35.5. The van der Waals surface area contributed by atoms with Gasteiger partial charge >= 0.3 is 19.7 Å². The second-order valence-corrected chi connectivity index (χ2v) is 21.9. The van der Waals surface area contributed by atoms with Gasteiger partial charge in [0, 0.05) is 70.9 Å². The molecule has 0 aliphatic carbocycles. The summed E-state index contributed by atoms with van der Waals surface area (Å²) in [7, 11) is 4.34. The number of hydrogen-bond acceptors (Lipinski definition) is 18. The molecule has 0 spiro atoms. The quantitative estimate of drug-likeness (QED) is 0.0499. The van der Waals surface area contributed by atoms with Crippen molar-refractivity contribution in [2.75, 3.05) is 51.3 Å². The molecule has 1 aromatic heterocycles. The van der Waals surface area contributed by atoms with Crippen LogP contribution in [-0.4, -0.2) is 158 Å². The summed E-state index contributed by atoms with van der Waals surface area (Å²) in [6, 6.07) is 2.46. The second-order valence-electron chi connectivity index (χ2n) is 17.2. The summed E-state index contributed by atoms with van der Waals surface area (Å²) >= 11 is 6.79. The molecule has 5 N–H and O–H groups in total. The van der Waals surface area contributed by atoms with Crippen molar-refractivity contribution in [1.29, 1.82) is 0 Å². The number of ether oxygens (including phenoxy) is 5. The highest BCUT2D eigenvalue weighted by Gasteiger charge is 2.64. The molecule has 0 unspecified atom stereocenters. The molecule has 0 radical (unpaired) electrons. The van der Waals surface area contributed by atoms with E-state index in [1.54, 1.807) is 45.2 Å². The van der Waals surface area contributed by atoms with Crippen LogP contribution in [0, 0.1) is 5.92 Å². The number of nitrogens with zero attached hydrogens (tertiary/aromatic N) is 6. The van der Waals surface area contributed by atoms with Crippen LogP contribution in [0.4, 0.5) is 10.5 Å². The Balaban J connectivity index is 1.21. The highest BCUT2D eigenvalue weighted by Crippen LogP contribution is 2.49. The number of allylic oxidation sites excluding steroid dienone is 3. The number of likely N-dealkylation sites (N-methyl/N-ethyl adjacent to an activating group) is 1. The van der Waals surface area contributed by atoms with Crippen LogP contribution in [0.5, 0.6) is 5.75 Å². The summed E-state index contributed by atoms with van der Waals surface area (Å²) in [5.74, 6) is -1.24. The molecule has 2 fully saturated rings. The molecule has 4 amide bonds. The number of nitrogens with one attached hydrogen (secondary N) is 2. The molecule has 1 aromatic carbocycles. The van der Waals surface area contributed by atoms with Crippen LogP contribution in [0.1, 0.15) is 70.6 Å². The number of methoxy groups -OCH3 is 2. The standard InChI is InChI=1S/C43H60ClN8O14PS2/c1-24-10-9-11-31(63-8)43(58)22-30(64-41(57)46-43)25(2)39-42(4,66-39)32(21-37(55)52(6)28-19-27(18-24)20-29(62-7)38(28)44)65-40(56)26(3)51(5)36(54)14-17-69-68-16-13-35(53)45-15-12-33-47-49-34(50-48-33)23-67(59,60)61/h9-11,19-20,25-26,30-32,39,58H,12-18,21-23H2,1-8H3,(H,45,53)(H,46,57)(H2,59,60,61)/b11-9+,24-10+/t25-,26-,30-,31+,32-,39+,42-,43-/m0/s1. The number of alkyl carbamates (subject to hydrolysis) is 1.